The number of aryl methyl sites for hydroxylation is 1. The van der Waals surface area contributed by atoms with E-state index in [1.165, 1.54) is 18.2 Å². The number of carbonyl (C=O) groups is 2. The minimum Gasteiger partial charge on any atom is -0.336 e. The van der Waals surface area contributed by atoms with Gasteiger partial charge in [-0.15, -0.1) is 0 Å². The van der Waals surface area contributed by atoms with E-state index in [2.05, 4.69) is 10.6 Å². The van der Waals surface area contributed by atoms with Crippen molar-refractivity contribution < 1.29 is 14.0 Å². The fraction of sp³-hybridized carbons (Fsp3) is 0.263. The first-order chi connectivity index (χ1) is 12.0. The number of anilines is 1. The molecule has 2 aromatic carbocycles. The van der Waals surface area contributed by atoms with Gasteiger partial charge in [-0.3, -0.25) is 9.59 Å². The summed E-state index contributed by atoms with van der Waals surface area (Å²) in [6.45, 7) is 4.81. The molecule has 130 valence electrons. The molecule has 1 aliphatic rings. The average Bonchev–Trinajstić information content (AvgIpc) is 2.63. The molecule has 0 atom stereocenters. The van der Waals surface area contributed by atoms with Crippen LogP contribution in [0.25, 0.3) is 0 Å². The summed E-state index contributed by atoms with van der Waals surface area (Å²) >= 11 is 0. The second-order valence-corrected chi connectivity index (χ2v) is 6.04. The van der Waals surface area contributed by atoms with Crippen LogP contribution in [0, 0.1) is 12.7 Å². The fourth-order valence-electron chi connectivity index (χ4n) is 2.81. The van der Waals surface area contributed by atoms with Crippen molar-refractivity contribution in [2.24, 2.45) is 0 Å². The van der Waals surface area contributed by atoms with Crippen LogP contribution in [-0.4, -0.2) is 42.9 Å². The zero-order valence-corrected chi connectivity index (χ0v) is 14.0. The highest BCUT2D eigenvalue weighted by Gasteiger charge is 2.18. The Balaban J connectivity index is 1.73. The van der Waals surface area contributed by atoms with E-state index in [9.17, 15) is 14.0 Å². The molecule has 6 heteroatoms. The molecule has 2 N–H and O–H groups in total. The number of rotatable bonds is 3. The predicted octanol–water partition coefficient (Wildman–Crippen LogP) is 2.43. The Bertz CT molecular complexity index is 801. The minimum absolute atomic E-state index is 0.00685. The van der Waals surface area contributed by atoms with Crippen molar-refractivity contribution in [1.29, 1.82) is 0 Å². The van der Waals surface area contributed by atoms with Crippen LogP contribution in [0.3, 0.4) is 0 Å². The SMILES string of the molecule is Cc1cc(C(=O)N2CCNCC2)ccc1NC(=O)c1cccc(F)c1. The van der Waals surface area contributed by atoms with Gasteiger partial charge in [-0.05, 0) is 48.9 Å². The van der Waals surface area contributed by atoms with Gasteiger partial charge in [-0.1, -0.05) is 6.07 Å². The summed E-state index contributed by atoms with van der Waals surface area (Å²) in [5.41, 5.74) is 2.24. The summed E-state index contributed by atoms with van der Waals surface area (Å²) in [6.07, 6.45) is 0. The van der Waals surface area contributed by atoms with Crippen molar-refractivity contribution in [3.8, 4) is 0 Å². The molecule has 2 aromatic rings. The van der Waals surface area contributed by atoms with Crippen molar-refractivity contribution in [2.75, 3.05) is 31.5 Å². The Morgan fingerprint density at radius 2 is 1.84 bits per heavy atom. The monoisotopic (exact) mass is 341 g/mol. The highest BCUT2D eigenvalue weighted by molar-refractivity contribution is 6.05. The zero-order chi connectivity index (χ0) is 17.8. The molecule has 0 aromatic heterocycles. The van der Waals surface area contributed by atoms with Crippen LogP contribution in [0.2, 0.25) is 0 Å². The first kappa shape index (κ1) is 17.1. The molecule has 3 rings (SSSR count). The third-order valence-corrected chi connectivity index (χ3v) is 4.21. The van der Waals surface area contributed by atoms with Crippen molar-refractivity contribution in [3.63, 3.8) is 0 Å². The molecule has 1 saturated heterocycles. The molecule has 0 bridgehead atoms. The first-order valence-electron chi connectivity index (χ1n) is 8.22. The second-order valence-electron chi connectivity index (χ2n) is 6.04. The maximum atomic E-state index is 13.2. The summed E-state index contributed by atoms with van der Waals surface area (Å²) in [6, 6.07) is 10.7. The number of benzene rings is 2. The van der Waals surface area contributed by atoms with E-state index in [4.69, 9.17) is 0 Å². The molecule has 0 aliphatic carbocycles. The van der Waals surface area contributed by atoms with E-state index < -0.39 is 5.82 Å². The third kappa shape index (κ3) is 4.03. The molecule has 0 saturated carbocycles. The highest BCUT2D eigenvalue weighted by atomic mass is 19.1. The third-order valence-electron chi connectivity index (χ3n) is 4.21. The van der Waals surface area contributed by atoms with Crippen LogP contribution in [0.15, 0.2) is 42.5 Å². The first-order valence-corrected chi connectivity index (χ1v) is 8.22. The average molecular weight is 341 g/mol. The van der Waals surface area contributed by atoms with Crippen LogP contribution >= 0.6 is 0 Å². The molecule has 0 spiro atoms. The van der Waals surface area contributed by atoms with Gasteiger partial charge in [-0.25, -0.2) is 4.39 Å². The number of nitrogens with zero attached hydrogens (tertiary/aromatic N) is 1. The van der Waals surface area contributed by atoms with E-state index in [1.54, 1.807) is 24.3 Å². The quantitative estimate of drug-likeness (QED) is 0.901. The van der Waals surface area contributed by atoms with Crippen LogP contribution in [-0.2, 0) is 0 Å². The molecule has 25 heavy (non-hydrogen) atoms. The number of carbonyl (C=O) groups excluding carboxylic acids is 2. The van der Waals surface area contributed by atoms with Gasteiger partial charge in [-0.2, -0.15) is 0 Å². The van der Waals surface area contributed by atoms with Crippen molar-refractivity contribution >= 4 is 17.5 Å². The van der Waals surface area contributed by atoms with E-state index in [0.29, 0.717) is 24.3 Å². The lowest BCUT2D eigenvalue weighted by Crippen LogP contribution is -2.46. The van der Waals surface area contributed by atoms with Gasteiger partial charge in [0.25, 0.3) is 11.8 Å². The molecule has 1 aliphatic heterocycles. The van der Waals surface area contributed by atoms with Gasteiger partial charge >= 0.3 is 0 Å². The standard InChI is InChI=1S/C19H20FN3O2/c1-13-11-15(19(25)23-9-7-21-8-10-23)5-6-17(13)22-18(24)14-3-2-4-16(20)12-14/h2-6,11-12,21H,7-10H2,1H3,(H,22,24). The van der Waals surface area contributed by atoms with Crippen molar-refractivity contribution in [2.45, 2.75) is 6.92 Å². The van der Waals surface area contributed by atoms with Crippen LogP contribution in [0.1, 0.15) is 26.3 Å². The minimum atomic E-state index is -0.457. The fourth-order valence-corrected chi connectivity index (χ4v) is 2.81. The molecule has 0 radical (unpaired) electrons. The van der Waals surface area contributed by atoms with Gasteiger partial charge < -0.3 is 15.5 Å². The van der Waals surface area contributed by atoms with E-state index in [-0.39, 0.29) is 17.4 Å². The Kier molecular flexibility index (Phi) is 5.09. The van der Waals surface area contributed by atoms with Crippen LogP contribution < -0.4 is 10.6 Å². The molecule has 5 nitrogen and oxygen atoms in total. The molecular weight excluding hydrogens is 321 g/mol. The topological polar surface area (TPSA) is 61.4 Å². The van der Waals surface area contributed by atoms with Gasteiger partial charge in [0, 0.05) is 43.0 Å². The summed E-state index contributed by atoms with van der Waals surface area (Å²) in [7, 11) is 0. The summed E-state index contributed by atoms with van der Waals surface area (Å²) in [5.74, 6) is -0.849. The lowest BCUT2D eigenvalue weighted by atomic mass is 10.1. The van der Waals surface area contributed by atoms with E-state index in [0.717, 1.165) is 18.7 Å². The number of amides is 2. The number of nitrogens with one attached hydrogen (secondary N) is 2. The van der Waals surface area contributed by atoms with Gasteiger partial charge in [0.15, 0.2) is 0 Å². The van der Waals surface area contributed by atoms with Crippen LogP contribution in [0.4, 0.5) is 10.1 Å². The Morgan fingerprint density at radius 3 is 2.52 bits per heavy atom. The second kappa shape index (κ2) is 7.44. The number of halogens is 1. The zero-order valence-electron chi connectivity index (χ0n) is 14.0. The molecular formula is C19H20FN3O2. The summed E-state index contributed by atoms with van der Waals surface area (Å²) in [5, 5.41) is 5.97. The van der Waals surface area contributed by atoms with Crippen molar-refractivity contribution in [3.05, 3.63) is 65.0 Å². The largest absolute Gasteiger partial charge is 0.336 e. The van der Waals surface area contributed by atoms with Crippen molar-refractivity contribution in [1.82, 2.24) is 10.2 Å². The molecule has 2 amide bonds. The Hall–Kier alpha value is -2.73. The number of hydrogen-bond donors (Lipinski definition) is 2. The molecule has 0 unspecified atom stereocenters. The van der Waals surface area contributed by atoms with Crippen LogP contribution in [0.5, 0.6) is 0 Å². The Labute approximate surface area is 145 Å². The van der Waals surface area contributed by atoms with Gasteiger partial charge in [0.1, 0.15) is 5.82 Å². The summed E-state index contributed by atoms with van der Waals surface area (Å²) < 4.78 is 13.2. The summed E-state index contributed by atoms with van der Waals surface area (Å²) in [4.78, 5) is 26.6. The maximum absolute atomic E-state index is 13.2. The lowest BCUT2D eigenvalue weighted by Gasteiger charge is -2.27. The predicted molar refractivity (Wildman–Crippen MR) is 94.3 cm³/mol. The van der Waals surface area contributed by atoms with E-state index in [1.807, 2.05) is 11.8 Å². The normalized spacial score (nSPS) is 14.2. The van der Waals surface area contributed by atoms with E-state index >= 15 is 0 Å². The van der Waals surface area contributed by atoms with Gasteiger partial charge in [0.05, 0.1) is 0 Å². The lowest BCUT2D eigenvalue weighted by molar-refractivity contribution is 0.0735. The number of piperazine rings is 1. The maximum Gasteiger partial charge on any atom is 0.255 e. The Morgan fingerprint density at radius 1 is 1.08 bits per heavy atom. The molecule has 1 fully saturated rings. The highest BCUT2D eigenvalue weighted by Crippen LogP contribution is 2.19. The molecule has 1 heterocycles. The number of hydrogen-bond acceptors (Lipinski definition) is 3. The smallest absolute Gasteiger partial charge is 0.255 e. The van der Waals surface area contributed by atoms with Gasteiger partial charge in [0.2, 0.25) is 0 Å².